The van der Waals surface area contributed by atoms with Gasteiger partial charge in [0.05, 0.1) is 11.4 Å². The molecule has 2 aromatic rings. The average molecular weight is 326 g/mol. The van der Waals surface area contributed by atoms with Crippen LogP contribution in [-0.4, -0.2) is 24.0 Å². The van der Waals surface area contributed by atoms with Gasteiger partial charge < -0.3 is 9.88 Å². The number of thiophene rings is 1. The van der Waals surface area contributed by atoms with Crippen molar-refractivity contribution in [3.63, 3.8) is 0 Å². The molecule has 0 aromatic carbocycles. The summed E-state index contributed by atoms with van der Waals surface area (Å²) in [4.78, 5) is 5.34. The molecule has 0 bridgehead atoms. The highest BCUT2D eigenvalue weighted by Gasteiger charge is 2.24. The van der Waals surface area contributed by atoms with Gasteiger partial charge in [0.2, 0.25) is 10.0 Å². The summed E-state index contributed by atoms with van der Waals surface area (Å²) in [6, 6.07) is 2.22. The number of aromatic nitrogens is 2. The quantitative estimate of drug-likeness (QED) is 0.802. The molecule has 0 atom stereocenters. The summed E-state index contributed by atoms with van der Waals surface area (Å²) in [5.41, 5.74) is 0. The third-order valence-electron chi connectivity index (χ3n) is 3.46. The van der Waals surface area contributed by atoms with Crippen molar-refractivity contribution in [2.24, 2.45) is 7.05 Å². The van der Waals surface area contributed by atoms with Crippen molar-refractivity contribution in [2.45, 2.75) is 36.9 Å². The van der Waals surface area contributed by atoms with E-state index in [1.165, 1.54) is 24.2 Å². The molecule has 0 unspecified atom stereocenters. The van der Waals surface area contributed by atoms with E-state index in [1.807, 2.05) is 12.4 Å². The third kappa shape index (κ3) is 3.52. The molecule has 0 spiro atoms. The molecule has 2 aromatic heterocycles. The molecule has 114 valence electrons. The van der Waals surface area contributed by atoms with Crippen LogP contribution in [0.25, 0.3) is 0 Å². The Morgan fingerprint density at radius 3 is 2.90 bits per heavy atom. The minimum Gasteiger partial charge on any atom is -0.337 e. The number of aryl methyl sites for hydroxylation is 1. The van der Waals surface area contributed by atoms with Gasteiger partial charge in [-0.2, -0.15) is 0 Å². The number of sulfonamides is 1. The predicted molar refractivity (Wildman–Crippen MR) is 81.4 cm³/mol. The van der Waals surface area contributed by atoms with Crippen LogP contribution in [0.5, 0.6) is 0 Å². The Morgan fingerprint density at radius 2 is 2.24 bits per heavy atom. The SMILES string of the molecule is Cn1ccnc1CNS(=O)(=O)c1ccsc1CNC1CC1. The number of imidazole rings is 1. The van der Waals surface area contributed by atoms with E-state index in [0.717, 1.165) is 4.88 Å². The Hall–Kier alpha value is -1.22. The van der Waals surface area contributed by atoms with Crippen molar-refractivity contribution in [3.8, 4) is 0 Å². The van der Waals surface area contributed by atoms with Crippen molar-refractivity contribution < 1.29 is 8.42 Å². The van der Waals surface area contributed by atoms with Gasteiger partial charge in [0.25, 0.3) is 0 Å². The lowest BCUT2D eigenvalue weighted by Gasteiger charge is -2.08. The number of rotatable bonds is 7. The highest BCUT2D eigenvalue weighted by atomic mass is 32.2. The molecule has 6 nitrogen and oxygen atoms in total. The fraction of sp³-hybridized carbons (Fsp3) is 0.462. The van der Waals surface area contributed by atoms with Crippen LogP contribution in [0.3, 0.4) is 0 Å². The summed E-state index contributed by atoms with van der Waals surface area (Å²) in [6.07, 6.45) is 5.81. The molecule has 1 aliphatic carbocycles. The first-order valence-corrected chi connectivity index (χ1v) is 9.18. The summed E-state index contributed by atoms with van der Waals surface area (Å²) < 4.78 is 29.2. The Morgan fingerprint density at radius 1 is 1.43 bits per heavy atom. The van der Waals surface area contributed by atoms with E-state index in [-0.39, 0.29) is 6.54 Å². The molecule has 8 heteroatoms. The van der Waals surface area contributed by atoms with Gasteiger partial charge in [-0.05, 0) is 24.3 Å². The Labute approximate surface area is 128 Å². The number of hydrogen-bond donors (Lipinski definition) is 2. The normalized spacial score (nSPS) is 15.5. The highest BCUT2D eigenvalue weighted by Crippen LogP contribution is 2.24. The number of hydrogen-bond acceptors (Lipinski definition) is 5. The van der Waals surface area contributed by atoms with E-state index in [9.17, 15) is 8.42 Å². The molecule has 0 saturated heterocycles. The van der Waals surface area contributed by atoms with Crippen LogP contribution in [0.1, 0.15) is 23.5 Å². The smallest absolute Gasteiger partial charge is 0.242 e. The van der Waals surface area contributed by atoms with Crippen molar-refractivity contribution >= 4 is 21.4 Å². The fourth-order valence-electron chi connectivity index (χ4n) is 2.03. The Bertz CT molecular complexity index is 716. The van der Waals surface area contributed by atoms with Gasteiger partial charge in [0.15, 0.2) is 0 Å². The summed E-state index contributed by atoms with van der Waals surface area (Å²) in [7, 11) is -1.66. The minimum absolute atomic E-state index is 0.192. The molecule has 1 fully saturated rings. The summed E-state index contributed by atoms with van der Waals surface area (Å²) in [5.74, 6) is 0.687. The van der Waals surface area contributed by atoms with E-state index >= 15 is 0 Å². The molecule has 0 radical (unpaired) electrons. The van der Waals surface area contributed by atoms with E-state index in [4.69, 9.17) is 0 Å². The topological polar surface area (TPSA) is 76.0 Å². The molecular weight excluding hydrogens is 308 g/mol. The van der Waals surface area contributed by atoms with E-state index in [0.29, 0.717) is 23.3 Å². The van der Waals surface area contributed by atoms with Crippen LogP contribution in [0.15, 0.2) is 28.7 Å². The molecule has 3 rings (SSSR count). The summed E-state index contributed by atoms with van der Waals surface area (Å²) in [6.45, 7) is 0.804. The standard InChI is InChI=1S/C13H18N4O2S2/c1-17-6-5-14-13(17)9-16-21(18,19)12-4-7-20-11(12)8-15-10-2-3-10/h4-7,10,15-16H,2-3,8-9H2,1H3. The van der Waals surface area contributed by atoms with Gasteiger partial charge in [-0.15, -0.1) is 11.3 Å². The number of nitrogens with one attached hydrogen (secondary N) is 2. The maximum absolute atomic E-state index is 12.4. The second-order valence-electron chi connectivity index (χ2n) is 5.14. The van der Waals surface area contributed by atoms with Crippen LogP contribution in [0, 0.1) is 0 Å². The maximum Gasteiger partial charge on any atom is 0.242 e. The zero-order valence-corrected chi connectivity index (χ0v) is 13.4. The number of nitrogens with zero attached hydrogens (tertiary/aromatic N) is 2. The second kappa shape index (κ2) is 5.88. The van der Waals surface area contributed by atoms with Gasteiger partial charge in [-0.3, -0.25) is 0 Å². The molecule has 21 heavy (non-hydrogen) atoms. The average Bonchev–Trinajstić information content (AvgIpc) is 2.98. The van der Waals surface area contributed by atoms with E-state index in [2.05, 4.69) is 15.0 Å². The first-order valence-electron chi connectivity index (χ1n) is 6.82. The Balaban J connectivity index is 1.69. The van der Waals surface area contributed by atoms with E-state index < -0.39 is 10.0 Å². The summed E-state index contributed by atoms with van der Waals surface area (Å²) in [5, 5.41) is 5.17. The van der Waals surface area contributed by atoms with Gasteiger partial charge in [0.1, 0.15) is 5.82 Å². The zero-order chi connectivity index (χ0) is 14.9. The molecule has 1 saturated carbocycles. The molecule has 0 amide bonds. The Kier molecular flexibility index (Phi) is 4.12. The second-order valence-corrected chi connectivity index (χ2v) is 7.88. The molecular formula is C13H18N4O2S2. The van der Waals surface area contributed by atoms with Gasteiger partial charge >= 0.3 is 0 Å². The van der Waals surface area contributed by atoms with Gasteiger partial charge in [0, 0.05) is 36.9 Å². The van der Waals surface area contributed by atoms with Crippen molar-refractivity contribution in [1.29, 1.82) is 0 Å². The van der Waals surface area contributed by atoms with Crippen LogP contribution >= 0.6 is 11.3 Å². The first kappa shape index (κ1) is 14.7. The molecule has 0 aliphatic heterocycles. The monoisotopic (exact) mass is 326 g/mol. The van der Waals surface area contributed by atoms with Crippen molar-refractivity contribution in [2.75, 3.05) is 0 Å². The lowest BCUT2D eigenvalue weighted by molar-refractivity contribution is 0.575. The fourth-order valence-corrected chi connectivity index (χ4v) is 4.40. The maximum atomic E-state index is 12.4. The van der Waals surface area contributed by atoms with Crippen LogP contribution in [0.4, 0.5) is 0 Å². The largest absolute Gasteiger partial charge is 0.337 e. The molecule has 1 aliphatic rings. The van der Waals surface area contributed by atoms with Crippen LogP contribution < -0.4 is 10.0 Å². The highest BCUT2D eigenvalue weighted by molar-refractivity contribution is 7.89. The lowest BCUT2D eigenvalue weighted by Crippen LogP contribution is -2.26. The van der Waals surface area contributed by atoms with Crippen molar-refractivity contribution in [1.82, 2.24) is 19.6 Å². The van der Waals surface area contributed by atoms with Crippen LogP contribution in [0.2, 0.25) is 0 Å². The zero-order valence-electron chi connectivity index (χ0n) is 11.7. The lowest BCUT2D eigenvalue weighted by atomic mass is 10.4. The van der Waals surface area contributed by atoms with Gasteiger partial charge in [-0.25, -0.2) is 18.1 Å². The van der Waals surface area contributed by atoms with Crippen molar-refractivity contribution in [3.05, 3.63) is 34.5 Å². The third-order valence-corrected chi connectivity index (χ3v) is 6.00. The molecule has 2 heterocycles. The van der Waals surface area contributed by atoms with E-state index in [1.54, 1.807) is 23.0 Å². The summed E-state index contributed by atoms with van der Waals surface area (Å²) >= 11 is 1.47. The first-order chi connectivity index (χ1) is 10.1. The predicted octanol–water partition coefficient (Wildman–Crippen LogP) is 1.21. The molecule has 2 N–H and O–H groups in total. The van der Waals surface area contributed by atoms with Gasteiger partial charge in [-0.1, -0.05) is 0 Å². The van der Waals surface area contributed by atoms with Crippen LogP contribution in [-0.2, 0) is 30.2 Å². The minimum atomic E-state index is -3.50.